The first-order valence-corrected chi connectivity index (χ1v) is 9.11. The molecule has 1 amide bonds. The standard InChI is InChI=1S/C18H13ClN8O4/c19-12-6-5-11(27(29)30)7-10(12)8-21-23-15(28)9-26-14-4-2-1-3-13(14)22-18(26)16-17(20)25-31-24-16/h1-8H,9H2,(H2,20,25)(H,23,28)/b21-8-. The van der Waals surface area contributed by atoms with Gasteiger partial charge in [-0.1, -0.05) is 23.7 Å². The number of carbonyl (C=O) groups excluding carboxylic acids is 1. The summed E-state index contributed by atoms with van der Waals surface area (Å²) in [5.41, 5.74) is 9.77. The van der Waals surface area contributed by atoms with Gasteiger partial charge in [-0.2, -0.15) is 5.10 Å². The first-order valence-electron chi connectivity index (χ1n) is 8.73. The van der Waals surface area contributed by atoms with Crippen molar-refractivity contribution < 1.29 is 14.3 Å². The number of aromatic nitrogens is 4. The molecule has 0 saturated heterocycles. The lowest BCUT2D eigenvalue weighted by Gasteiger charge is -2.06. The molecule has 31 heavy (non-hydrogen) atoms. The van der Waals surface area contributed by atoms with Crippen molar-refractivity contribution in [2.75, 3.05) is 5.73 Å². The molecule has 0 aliphatic carbocycles. The molecule has 0 saturated carbocycles. The average Bonchev–Trinajstić information content (AvgIpc) is 3.32. The number of nitro benzene ring substituents is 1. The number of anilines is 1. The summed E-state index contributed by atoms with van der Waals surface area (Å²) in [4.78, 5) is 27.3. The molecule has 2 heterocycles. The lowest BCUT2D eigenvalue weighted by atomic mass is 10.2. The number of fused-ring (bicyclic) bond motifs is 1. The highest BCUT2D eigenvalue weighted by atomic mass is 35.5. The maximum absolute atomic E-state index is 12.5. The summed E-state index contributed by atoms with van der Waals surface area (Å²) >= 11 is 6.02. The van der Waals surface area contributed by atoms with Gasteiger partial charge in [-0.25, -0.2) is 15.0 Å². The number of amides is 1. The second-order valence-corrected chi connectivity index (χ2v) is 6.67. The molecule has 0 bridgehead atoms. The van der Waals surface area contributed by atoms with Crippen LogP contribution in [-0.4, -0.2) is 36.9 Å². The van der Waals surface area contributed by atoms with Gasteiger partial charge in [0, 0.05) is 22.7 Å². The number of benzene rings is 2. The maximum Gasteiger partial charge on any atom is 0.270 e. The lowest BCUT2D eigenvalue weighted by Crippen LogP contribution is -2.23. The van der Waals surface area contributed by atoms with E-state index in [0.717, 1.165) is 0 Å². The Morgan fingerprint density at radius 3 is 2.87 bits per heavy atom. The number of nitrogens with one attached hydrogen (secondary N) is 1. The fourth-order valence-corrected chi connectivity index (χ4v) is 3.03. The van der Waals surface area contributed by atoms with Gasteiger partial charge in [0.05, 0.1) is 22.2 Å². The molecule has 4 rings (SSSR count). The minimum atomic E-state index is -0.553. The largest absolute Gasteiger partial charge is 0.379 e. The third kappa shape index (κ3) is 4.04. The number of nitrogens with zero attached hydrogens (tertiary/aromatic N) is 6. The Balaban J connectivity index is 1.57. The van der Waals surface area contributed by atoms with Crippen LogP contribution in [0.5, 0.6) is 0 Å². The van der Waals surface area contributed by atoms with E-state index in [9.17, 15) is 14.9 Å². The minimum Gasteiger partial charge on any atom is -0.379 e. The molecular formula is C18H13ClN8O4. The third-order valence-electron chi connectivity index (χ3n) is 4.27. The second-order valence-electron chi connectivity index (χ2n) is 6.26. The Hall–Kier alpha value is -4.32. The number of nitrogen functional groups attached to an aromatic ring is 1. The van der Waals surface area contributed by atoms with E-state index in [1.165, 1.54) is 24.4 Å². The van der Waals surface area contributed by atoms with Crippen LogP contribution in [0.4, 0.5) is 11.5 Å². The fourth-order valence-electron chi connectivity index (χ4n) is 2.86. The first kappa shape index (κ1) is 20.0. The zero-order valence-corrected chi connectivity index (χ0v) is 16.4. The van der Waals surface area contributed by atoms with Gasteiger partial charge in [0.2, 0.25) is 0 Å². The molecule has 0 aliphatic rings. The quantitative estimate of drug-likeness (QED) is 0.261. The van der Waals surface area contributed by atoms with Crippen molar-refractivity contribution in [3.8, 4) is 11.5 Å². The van der Waals surface area contributed by atoms with Crippen molar-refractivity contribution in [1.82, 2.24) is 25.3 Å². The van der Waals surface area contributed by atoms with E-state index >= 15 is 0 Å². The van der Waals surface area contributed by atoms with Crippen molar-refractivity contribution in [2.24, 2.45) is 5.10 Å². The van der Waals surface area contributed by atoms with Crippen LogP contribution in [0.3, 0.4) is 0 Å². The number of nitrogens with two attached hydrogens (primary N) is 1. The summed E-state index contributed by atoms with van der Waals surface area (Å²) < 4.78 is 6.24. The van der Waals surface area contributed by atoms with Crippen LogP contribution in [0.2, 0.25) is 5.02 Å². The molecule has 3 N–H and O–H groups in total. The SMILES string of the molecule is Nc1nonc1-c1nc2ccccc2n1CC(=O)N/N=C\c1cc([N+](=O)[O-])ccc1Cl. The molecule has 13 heteroatoms. The normalized spacial score (nSPS) is 11.3. The third-order valence-corrected chi connectivity index (χ3v) is 4.61. The molecule has 2 aromatic heterocycles. The Morgan fingerprint density at radius 1 is 1.32 bits per heavy atom. The van der Waals surface area contributed by atoms with E-state index in [-0.39, 0.29) is 34.3 Å². The summed E-state index contributed by atoms with van der Waals surface area (Å²) in [6.45, 7) is -0.165. The number of carbonyl (C=O) groups is 1. The Labute approximate surface area is 178 Å². The molecule has 156 valence electrons. The number of rotatable bonds is 6. The van der Waals surface area contributed by atoms with Crippen molar-refractivity contribution in [3.63, 3.8) is 0 Å². The van der Waals surface area contributed by atoms with E-state index in [2.05, 4.69) is 30.5 Å². The van der Waals surface area contributed by atoms with Gasteiger partial charge in [0.25, 0.3) is 11.6 Å². The van der Waals surface area contributed by atoms with Gasteiger partial charge in [-0.3, -0.25) is 14.9 Å². The molecule has 12 nitrogen and oxygen atoms in total. The van der Waals surface area contributed by atoms with Gasteiger partial charge < -0.3 is 10.3 Å². The monoisotopic (exact) mass is 440 g/mol. The Kier molecular flexibility index (Phi) is 5.28. The number of halogens is 1. The molecule has 0 atom stereocenters. The molecule has 0 unspecified atom stereocenters. The summed E-state index contributed by atoms with van der Waals surface area (Å²) in [7, 11) is 0. The summed E-state index contributed by atoms with van der Waals surface area (Å²) in [6, 6.07) is 11.1. The van der Waals surface area contributed by atoms with Crippen LogP contribution in [0, 0.1) is 10.1 Å². The van der Waals surface area contributed by atoms with Crippen LogP contribution >= 0.6 is 11.6 Å². The van der Waals surface area contributed by atoms with Crippen LogP contribution in [-0.2, 0) is 11.3 Å². The number of para-hydroxylation sites is 2. The highest BCUT2D eigenvalue weighted by molar-refractivity contribution is 6.33. The Morgan fingerprint density at radius 2 is 2.13 bits per heavy atom. The number of nitro groups is 1. The predicted molar refractivity (Wildman–Crippen MR) is 111 cm³/mol. The zero-order chi connectivity index (χ0) is 22.0. The predicted octanol–water partition coefficient (Wildman–Crippen LogP) is 2.38. The first-order chi connectivity index (χ1) is 14.9. The van der Waals surface area contributed by atoms with Crippen LogP contribution in [0.1, 0.15) is 5.56 Å². The van der Waals surface area contributed by atoms with E-state index in [4.69, 9.17) is 17.3 Å². The van der Waals surface area contributed by atoms with E-state index in [1.54, 1.807) is 28.8 Å². The number of imidazole rings is 1. The molecule has 0 spiro atoms. The highest BCUT2D eigenvalue weighted by Gasteiger charge is 2.20. The maximum atomic E-state index is 12.5. The minimum absolute atomic E-state index is 0.0373. The fraction of sp³-hybridized carbons (Fsp3) is 0.0556. The summed E-state index contributed by atoms with van der Waals surface area (Å²) in [6.07, 6.45) is 1.22. The zero-order valence-electron chi connectivity index (χ0n) is 15.6. The number of hydrogen-bond donors (Lipinski definition) is 2. The molecule has 0 aliphatic heterocycles. The average molecular weight is 441 g/mol. The smallest absolute Gasteiger partial charge is 0.270 e. The van der Waals surface area contributed by atoms with Gasteiger partial charge in [-0.15, -0.1) is 0 Å². The van der Waals surface area contributed by atoms with Crippen molar-refractivity contribution in [1.29, 1.82) is 0 Å². The lowest BCUT2D eigenvalue weighted by molar-refractivity contribution is -0.384. The number of non-ortho nitro benzene ring substituents is 1. The summed E-state index contributed by atoms with van der Waals surface area (Å²) in [5, 5.41) is 22.3. The van der Waals surface area contributed by atoms with E-state index in [1.807, 2.05) is 0 Å². The highest BCUT2D eigenvalue weighted by Crippen LogP contribution is 2.26. The van der Waals surface area contributed by atoms with Crippen LogP contribution in [0.15, 0.2) is 52.2 Å². The van der Waals surface area contributed by atoms with Crippen LogP contribution < -0.4 is 11.2 Å². The van der Waals surface area contributed by atoms with Crippen molar-refractivity contribution >= 4 is 46.3 Å². The molecule has 0 fully saturated rings. The summed E-state index contributed by atoms with van der Waals surface area (Å²) in [5.74, 6) is -0.145. The second kappa shape index (κ2) is 8.20. The number of hydrazone groups is 1. The molecule has 0 radical (unpaired) electrons. The van der Waals surface area contributed by atoms with Crippen molar-refractivity contribution in [2.45, 2.75) is 6.54 Å². The van der Waals surface area contributed by atoms with Gasteiger partial charge in [0.15, 0.2) is 17.3 Å². The Bertz CT molecular complexity index is 1330. The van der Waals surface area contributed by atoms with E-state index < -0.39 is 10.8 Å². The molecular weight excluding hydrogens is 428 g/mol. The van der Waals surface area contributed by atoms with E-state index in [0.29, 0.717) is 16.9 Å². The van der Waals surface area contributed by atoms with Crippen molar-refractivity contribution in [3.05, 3.63) is 63.2 Å². The van der Waals surface area contributed by atoms with Gasteiger partial charge >= 0.3 is 0 Å². The molecule has 2 aromatic carbocycles. The van der Waals surface area contributed by atoms with Crippen LogP contribution in [0.25, 0.3) is 22.6 Å². The van der Waals surface area contributed by atoms with Gasteiger partial charge in [0.1, 0.15) is 6.54 Å². The van der Waals surface area contributed by atoms with Gasteiger partial charge in [-0.05, 0) is 28.5 Å². The topological polar surface area (TPSA) is 167 Å². The molecule has 4 aromatic rings. The number of hydrogen-bond acceptors (Lipinski definition) is 9.